The molecular formula is C24H20O5. The van der Waals surface area contributed by atoms with Gasteiger partial charge in [-0.05, 0) is 41.1 Å². The van der Waals surface area contributed by atoms with E-state index in [1.165, 1.54) is 0 Å². The molecule has 0 saturated heterocycles. The Morgan fingerprint density at radius 2 is 1.66 bits per heavy atom. The van der Waals surface area contributed by atoms with Gasteiger partial charge < -0.3 is 18.9 Å². The molecule has 0 unspecified atom stereocenters. The second kappa shape index (κ2) is 7.72. The lowest BCUT2D eigenvalue weighted by molar-refractivity contribution is -0.130. The largest absolute Gasteiger partial charge is 0.497 e. The van der Waals surface area contributed by atoms with Crippen molar-refractivity contribution in [3.63, 3.8) is 0 Å². The lowest BCUT2D eigenvalue weighted by Crippen LogP contribution is -1.99. The second-order valence-electron chi connectivity index (χ2n) is 6.47. The number of methoxy groups -OCH3 is 3. The Labute approximate surface area is 168 Å². The molecule has 0 fully saturated rings. The van der Waals surface area contributed by atoms with E-state index in [0.29, 0.717) is 34.1 Å². The minimum absolute atomic E-state index is 0.423. The average molecular weight is 388 g/mol. The van der Waals surface area contributed by atoms with Crippen molar-refractivity contribution in [1.29, 1.82) is 0 Å². The molecule has 5 heteroatoms. The van der Waals surface area contributed by atoms with Crippen molar-refractivity contribution in [2.75, 3.05) is 21.3 Å². The Balaban J connectivity index is 1.82. The quantitative estimate of drug-likeness (QED) is 0.462. The first kappa shape index (κ1) is 18.6. The topological polar surface area (TPSA) is 54.0 Å². The van der Waals surface area contributed by atoms with Gasteiger partial charge >= 0.3 is 5.97 Å². The van der Waals surface area contributed by atoms with Gasteiger partial charge in [0.1, 0.15) is 23.0 Å². The van der Waals surface area contributed by atoms with E-state index in [4.69, 9.17) is 18.9 Å². The fraction of sp³-hybridized carbons (Fsp3) is 0.125. The molecule has 4 rings (SSSR count). The van der Waals surface area contributed by atoms with E-state index in [2.05, 4.69) is 0 Å². The Morgan fingerprint density at radius 1 is 0.862 bits per heavy atom. The summed E-state index contributed by atoms with van der Waals surface area (Å²) in [4.78, 5) is 12.6. The van der Waals surface area contributed by atoms with E-state index in [1.54, 1.807) is 51.7 Å². The molecular weight excluding hydrogens is 368 g/mol. The minimum Gasteiger partial charge on any atom is -0.497 e. The third kappa shape index (κ3) is 3.43. The molecule has 1 heterocycles. The maximum Gasteiger partial charge on any atom is 0.343 e. The standard InChI is InChI=1S/C24H20O5/c1-26-17-9-10-19(22(14-17)28-3)23-13-16(24(25)29-23)12-20-18-7-5-4-6-15(18)8-11-21(20)27-2/h4-14H,1-3H3. The number of benzene rings is 3. The first-order valence-electron chi connectivity index (χ1n) is 9.08. The minimum atomic E-state index is -0.423. The molecule has 0 saturated carbocycles. The van der Waals surface area contributed by atoms with Crippen molar-refractivity contribution in [2.24, 2.45) is 0 Å². The van der Waals surface area contributed by atoms with Crippen LogP contribution in [0.1, 0.15) is 11.1 Å². The fourth-order valence-electron chi connectivity index (χ4n) is 3.38. The van der Waals surface area contributed by atoms with Crippen LogP contribution < -0.4 is 14.2 Å². The molecule has 1 aliphatic heterocycles. The van der Waals surface area contributed by atoms with Crippen LogP contribution in [0.2, 0.25) is 0 Å². The summed E-state index contributed by atoms with van der Waals surface area (Å²) < 4.78 is 21.7. The highest BCUT2D eigenvalue weighted by Crippen LogP contribution is 2.37. The molecule has 146 valence electrons. The maximum atomic E-state index is 12.6. The van der Waals surface area contributed by atoms with Crippen LogP contribution in [-0.2, 0) is 9.53 Å². The number of rotatable bonds is 5. The molecule has 0 amide bonds. The number of hydrogen-bond donors (Lipinski definition) is 0. The second-order valence-corrected chi connectivity index (χ2v) is 6.47. The third-order valence-corrected chi connectivity index (χ3v) is 4.85. The van der Waals surface area contributed by atoms with Crippen LogP contribution in [0.25, 0.3) is 22.6 Å². The van der Waals surface area contributed by atoms with Gasteiger partial charge in [-0.15, -0.1) is 0 Å². The number of carbonyl (C=O) groups is 1. The number of hydrogen-bond acceptors (Lipinski definition) is 5. The van der Waals surface area contributed by atoms with Crippen molar-refractivity contribution in [2.45, 2.75) is 0 Å². The van der Waals surface area contributed by atoms with E-state index < -0.39 is 5.97 Å². The maximum absolute atomic E-state index is 12.6. The summed E-state index contributed by atoms with van der Waals surface area (Å²) in [6.45, 7) is 0. The van der Waals surface area contributed by atoms with Crippen molar-refractivity contribution < 1.29 is 23.7 Å². The summed E-state index contributed by atoms with van der Waals surface area (Å²) in [7, 11) is 4.76. The number of cyclic esters (lactones) is 1. The summed E-state index contributed by atoms with van der Waals surface area (Å²) in [5, 5.41) is 2.06. The van der Waals surface area contributed by atoms with Crippen LogP contribution in [0.4, 0.5) is 0 Å². The molecule has 3 aromatic carbocycles. The molecule has 0 atom stereocenters. The highest BCUT2D eigenvalue weighted by Gasteiger charge is 2.25. The first-order chi connectivity index (χ1) is 14.1. The van der Waals surface area contributed by atoms with Gasteiger partial charge in [-0.25, -0.2) is 4.79 Å². The normalized spacial score (nSPS) is 14.7. The lowest BCUT2D eigenvalue weighted by Gasteiger charge is -2.10. The summed E-state index contributed by atoms with van der Waals surface area (Å²) in [5.74, 6) is 1.92. The van der Waals surface area contributed by atoms with E-state index >= 15 is 0 Å². The molecule has 29 heavy (non-hydrogen) atoms. The number of esters is 1. The average Bonchev–Trinajstić information content (AvgIpc) is 3.13. The van der Waals surface area contributed by atoms with Crippen LogP contribution in [0.5, 0.6) is 17.2 Å². The number of carbonyl (C=O) groups excluding carboxylic acids is 1. The summed E-state index contributed by atoms with van der Waals surface area (Å²) in [6.07, 6.45) is 3.51. The molecule has 3 aromatic rings. The molecule has 1 aliphatic rings. The summed E-state index contributed by atoms with van der Waals surface area (Å²) in [6, 6.07) is 17.2. The van der Waals surface area contributed by atoms with Gasteiger partial charge in [0.25, 0.3) is 0 Å². The van der Waals surface area contributed by atoms with Crippen LogP contribution in [-0.4, -0.2) is 27.3 Å². The molecule has 0 radical (unpaired) electrons. The fourth-order valence-corrected chi connectivity index (χ4v) is 3.38. The SMILES string of the molecule is COc1ccc(C2=CC(=Cc3c(OC)ccc4ccccc34)C(=O)O2)c(OC)c1. The predicted molar refractivity (Wildman–Crippen MR) is 112 cm³/mol. The van der Waals surface area contributed by atoms with E-state index in [0.717, 1.165) is 16.3 Å². The number of ether oxygens (including phenoxy) is 4. The summed E-state index contributed by atoms with van der Waals surface area (Å²) in [5.41, 5.74) is 1.94. The van der Waals surface area contributed by atoms with E-state index in [9.17, 15) is 4.79 Å². The van der Waals surface area contributed by atoms with Crippen LogP contribution in [0, 0.1) is 0 Å². The van der Waals surface area contributed by atoms with Crippen molar-refractivity contribution in [1.82, 2.24) is 0 Å². The van der Waals surface area contributed by atoms with Gasteiger partial charge in [-0.2, -0.15) is 0 Å². The third-order valence-electron chi connectivity index (χ3n) is 4.85. The first-order valence-corrected chi connectivity index (χ1v) is 9.08. The molecule has 0 spiro atoms. The predicted octanol–water partition coefficient (Wildman–Crippen LogP) is 4.85. The lowest BCUT2D eigenvalue weighted by atomic mass is 10.0. The van der Waals surface area contributed by atoms with Gasteiger partial charge in [0.05, 0.1) is 32.5 Å². The van der Waals surface area contributed by atoms with Gasteiger partial charge in [0.15, 0.2) is 0 Å². The Kier molecular flexibility index (Phi) is 4.96. The smallest absolute Gasteiger partial charge is 0.343 e. The monoisotopic (exact) mass is 388 g/mol. The van der Waals surface area contributed by atoms with Gasteiger partial charge in [-0.1, -0.05) is 30.3 Å². The molecule has 0 N–H and O–H groups in total. The highest BCUT2D eigenvalue weighted by molar-refractivity contribution is 6.07. The van der Waals surface area contributed by atoms with Crippen LogP contribution >= 0.6 is 0 Å². The van der Waals surface area contributed by atoms with E-state index in [1.807, 2.05) is 36.4 Å². The number of fused-ring (bicyclic) bond motifs is 1. The molecule has 0 aliphatic carbocycles. The van der Waals surface area contributed by atoms with Gasteiger partial charge in [0.2, 0.25) is 0 Å². The zero-order valence-electron chi connectivity index (χ0n) is 16.4. The summed E-state index contributed by atoms with van der Waals surface area (Å²) >= 11 is 0. The van der Waals surface area contributed by atoms with Gasteiger partial charge in [0, 0.05) is 11.6 Å². The Morgan fingerprint density at radius 3 is 2.41 bits per heavy atom. The van der Waals surface area contributed by atoms with E-state index in [-0.39, 0.29) is 0 Å². The molecule has 5 nitrogen and oxygen atoms in total. The van der Waals surface area contributed by atoms with Crippen molar-refractivity contribution >= 4 is 28.6 Å². The zero-order valence-corrected chi connectivity index (χ0v) is 16.4. The molecule has 0 aromatic heterocycles. The van der Waals surface area contributed by atoms with Crippen molar-refractivity contribution in [3.8, 4) is 17.2 Å². The molecule has 0 bridgehead atoms. The van der Waals surface area contributed by atoms with Crippen molar-refractivity contribution in [3.05, 3.63) is 77.4 Å². The van der Waals surface area contributed by atoms with Crippen LogP contribution in [0.3, 0.4) is 0 Å². The zero-order chi connectivity index (χ0) is 20.4. The Bertz CT molecular complexity index is 1160. The van der Waals surface area contributed by atoms with Gasteiger partial charge in [-0.3, -0.25) is 0 Å². The Hall–Kier alpha value is -3.73. The highest BCUT2D eigenvalue weighted by atomic mass is 16.5. The van der Waals surface area contributed by atoms with Crippen LogP contribution in [0.15, 0.2) is 66.2 Å².